The number of anilines is 1. The number of rotatable bonds is 0. The van der Waals surface area contributed by atoms with Crippen LogP contribution in [0.2, 0.25) is 0 Å². The van der Waals surface area contributed by atoms with Gasteiger partial charge in [-0.15, -0.1) is 5.10 Å². The first kappa shape index (κ1) is 8.84. The van der Waals surface area contributed by atoms with Crippen LogP contribution >= 0.6 is 15.9 Å². The van der Waals surface area contributed by atoms with Gasteiger partial charge in [0.2, 0.25) is 0 Å². The Hall–Kier alpha value is -1.74. The van der Waals surface area contributed by atoms with Crippen molar-refractivity contribution in [2.75, 3.05) is 5.73 Å². The quantitative estimate of drug-likeness (QED) is 0.739. The van der Waals surface area contributed by atoms with Crippen molar-refractivity contribution in [3.05, 3.63) is 22.3 Å². The fourth-order valence-electron chi connectivity index (χ4n) is 1.25. The summed E-state index contributed by atoms with van der Waals surface area (Å²) in [5.74, 6) is 0.0843. The Morgan fingerprint density at radius 2 is 2.36 bits per heavy atom. The first-order valence-electron chi connectivity index (χ1n) is 3.70. The van der Waals surface area contributed by atoms with Gasteiger partial charge in [0, 0.05) is 10.7 Å². The van der Waals surface area contributed by atoms with Crippen LogP contribution in [-0.2, 0) is 0 Å². The minimum atomic E-state index is -0.0277. The molecule has 2 heterocycles. The SMILES string of the molecule is N#Cc1c(N)nn2cc(Br)cc(O)c12. The Kier molecular flexibility index (Phi) is 1.82. The highest BCUT2D eigenvalue weighted by molar-refractivity contribution is 9.10. The molecule has 0 aliphatic carbocycles. The maximum Gasteiger partial charge on any atom is 0.164 e. The average molecular weight is 253 g/mol. The summed E-state index contributed by atoms with van der Waals surface area (Å²) in [4.78, 5) is 0. The third-order valence-corrected chi connectivity index (χ3v) is 2.25. The number of nitriles is 1. The van der Waals surface area contributed by atoms with Crippen LogP contribution in [0.25, 0.3) is 5.52 Å². The minimum Gasteiger partial charge on any atom is -0.506 e. The van der Waals surface area contributed by atoms with Gasteiger partial charge < -0.3 is 10.8 Å². The summed E-state index contributed by atoms with van der Waals surface area (Å²) >= 11 is 3.19. The van der Waals surface area contributed by atoms with Crippen molar-refractivity contribution in [3.63, 3.8) is 0 Å². The fourth-order valence-corrected chi connectivity index (χ4v) is 1.66. The maximum absolute atomic E-state index is 9.58. The molecule has 14 heavy (non-hydrogen) atoms. The molecule has 0 fully saturated rings. The first-order chi connectivity index (χ1) is 6.63. The van der Waals surface area contributed by atoms with Crippen molar-refractivity contribution in [1.29, 1.82) is 5.26 Å². The Bertz CT molecular complexity index is 554. The number of nitrogen functional groups attached to an aromatic ring is 1. The molecular formula is C8H5BrN4O. The third-order valence-electron chi connectivity index (χ3n) is 1.81. The number of hydrogen-bond donors (Lipinski definition) is 2. The second kappa shape index (κ2) is 2.89. The number of nitrogens with zero attached hydrogens (tertiary/aromatic N) is 3. The van der Waals surface area contributed by atoms with E-state index >= 15 is 0 Å². The molecular weight excluding hydrogens is 248 g/mol. The van der Waals surface area contributed by atoms with E-state index in [4.69, 9.17) is 11.0 Å². The number of nitrogens with two attached hydrogens (primary N) is 1. The smallest absolute Gasteiger partial charge is 0.164 e. The third kappa shape index (κ3) is 1.10. The number of hydrogen-bond acceptors (Lipinski definition) is 4. The number of aromatic nitrogens is 2. The predicted molar refractivity (Wildman–Crippen MR) is 53.7 cm³/mol. The van der Waals surface area contributed by atoms with Crippen LogP contribution in [0.3, 0.4) is 0 Å². The molecule has 70 valence electrons. The van der Waals surface area contributed by atoms with E-state index in [0.717, 1.165) is 0 Å². The van der Waals surface area contributed by atoms with Crippen molar-refractivity contribution < 1.29 is 5.11 Å². The Balaban J connectivity index is 2.97. The van der Waals surface area contributed by atoms with Crippen LogP contribution in [-0.4, -0.2) is 14.7 Å². The molecule has 0 radical (unpaired) electrons. The molecule has 5 nitrogen and oxygen atoms in total. The minimum absolute atomic E-state index is 0.0277. The zero-order chi connectivity index (χ0) is 10.3. The Morgan fingerprint density at radius 1 is 1.64 bits per heavy atom. The molecule has 0 saturated carbocycles. The molecule has 0 aliphatic rings. The highest BCUT2D eigenvalue weighted by Crippen LogP contribution is 2.28. The molecule has 3 N–H and O–H groups in total. The standard InChI is InChI=1S/C8H5BrN4O/c9-4-1-6(14)7-5(2-10)8(11)12-13(7)3-4/h1,3,14H,(H2,11,12). The van der Waals surface area contributed by atoms with Crippen LogP contribution in [0, 0.1) is 11.3 Å². The molecule has 0 amide bonds. The summed E-state index contributed by atoms with van der Waals surface area (Å²) in [6.07, 6.45) is 1.62. The maximum atomic E-state index is 9.58. The zero-order valence-electron chi connectivity index (χ0n) is 6.90. The molecule has 0 aromatic carbocycles. The Labute approximate surface area is 87.5 Å². The van der Waals surface area contributed by atoms with E-state index in [2.05, 4.69) is 21.0 Å². The van der Waals surface area contributed by atoms with Crippen molar-refractivity contribution in [3.8, 4) is 11.8 Å². The van der Waals surface area contributed by atoms with Gasteiger partial charge >= 0.3 is 0 Å². The lowest BCUT2D eigenvalue weighted by Crippen LogP contribution is -1.88. The molecule has 0 spiro atoms. The van der Waals surface area contributed by atoms with E-state index < -0.39 is 0 Å². The van der Waals surface area contributed by atoms with E-state index in [-0.39, 0.29) is 17.1 Å². The lowest BCUT2D eigenvalue weighted by Gasteiger charge is -1.97. The second-order valence-electron chi connectivity index (χ2n) is 2.71. The van der Waals surface area contributed by atoms with E-state index in [1.807, 2.05) is 6.07 Å². The van der Waals surface area contributed by atoms with Crippen molar-refractivity contribution in [1.82, 2.24) is 9.61 Å². The average Bonchev–Trinajstić information content (AvgIpc) is 2.40. The van der Waals surface area contributed by atoms with E-state index in [1.165, 1.54) is 10.6 Å². The zero-order valence-corrected chi connectivity index (χ0v) is 8.48. The van der Waals surface area contributed by atoms with Gasteiger partial charge in [0.15, 0.2) is 5.82 Å². The summed E-state index contributed by atoms with van der Waals surface area (Å²) in [6.45, 7) is 0. The van der Waals surface area contributed by atoms with Gasteiger partial charge in [0.05, 0.1) is 0 Å². The van der Waals surface area contributed by atoms with Gasteiger partial charge in [-0.05, 0) is 22.0 Å². The molecule has 0 aliphatic heterocycles. The molecule has 6 heteroatoms. The number of halogens is 1. The van der Waals surface area contributed by atoms with Crippen LogP contribution < -0.4 is 5.73 Å². The topological polar surface area (TPSA) is 87.3 Å². The van der Waals surface area contributed by atoms with Crippen LogP contribution in [0.1, 0.15) is 5.56 Å². The van der Waals surface area contributed by atoms with Gasteiger partial charge in [-0.2, -0.15) is 5.26 Å². The summed E-state index contributed by atoms with van der Waals surface area (Å²) < 4.78 is 2.03. The molecule has 2 rings (SSSR count). The number of fused-ring (bicyclic) bond motifs is 1. The molecule has 0 bridgehead atoms. The van der Waals surface area contributed by atoms with E-state index in [1.54, 1.807) is 6.20 Å². The van der Waals surface area contributed by atoms with Crippen molar-refractivity contribution in [2.24, 2.45) is 0 Å². The molecule has 2 aromatic rings. The lowest BCUT2D eigenvalue weighted by atomic mass is 10.2. The normalized spacial score (nSPS) is 10.3. The van der Waals surface area contributed by atoms with Crippen LogP contribution in [0.4, 0.5) is 5.82 Å². The van der Waals surface area contributed by atoms with E-state index in [9.17, 15) is 5.11 Å². The van der Waals surface area contributed by atoms with Crippen LogP contribution in [0.15, 0.2) is 16.7 Å². The lowest BCUT2D eigenvalue weighted by molar-refractivity contribution is 0.478. The molecule has 0 unspecified atom stereocenters. The van der Waals surface area contributed by atoms with Gasteiger partial charge in [-0.25, -0.2) is 4.52 Å². The molecule has 2 aromatic heterocycles. The van der Waals surface area contributed by atoms with Crippen molar-refractivity contribution >= 4 is 27.3 Å². The van der Waals surface area contributed by atoms with Crippen LogP contribution in [0.5, 0.6) is 5.75 Å². The summed E-state index contributed by atoms with van der Waals surface area (Å²) in [6, 6.07) is 3.38. The van der Waals surface area contributed by atoms with Gasteiger partial charge in [0.1, 0.15) is 22.9 Å². The first-order valence-corrected chi connectivity index (χ1v) is 4.49. The number of pyridine rings is 1. The molecule has 0 saturated heterocycles. The van der Waals surface area contributed by atoms with Crippen molar-refractivity contribution in [2.45, 2.75) is 0 Å². The summed E-state index contributed by atoms with van der Waals surface area (Å²) in [7, 11) is 0. The van der Waals surface area contributed by atoms with Gasteiger partial charge in [0.25, 0.3) is 0 Å². The largest absolute Gasteiger partial charge is 0.506 e. The second-order valence-corrected chi connectivity index (χ2v) is 3.62. The highest BCUT2D eigenvalue weighted by Gasteiger charge is 2.13. The Morgan fingerprint density at radius 3 is 3.00 bits per heavy atom. The highest BCUT2D eigenvalue weighted by atomic mass is 79.9. The van der Waals surface area contributed by atoms with Gasteiger partial charge in [-0.3, -0.25) is 0 Å². The summed E-state index contributed by atoms with van der Waals surface area (Å²) in [5, 5.41) is 22.3. The molecule has 0 atom stereocenters. The predicted octanol–water partition coefficient (Wildman–Crippen LogP) is 1.26. The summed E-state index contributed by atoms with van der Waals surface area (Å²) in [5.41, 5.74) is 6.02. The van der Waals surface area contributed by atoms with Gasteiger partial charge in [-0.1, -0.05) is 0 Å². The number of aromatic hydroxyl groups is 1. The monoisotopic (exact) mass is 252 g/mol. The van der Waals surface area contributed by atoms with E-state index in [0.29, 0.717) is 9.99 Å². The fraction of sp³-hybridized carbons (Fsp3) is 0.